The average molecular weight is 420 g/mol. The van der Waals surface area contributed by atoms with Crippen LogP contribution >= 0.6 is 24.0 Å². The summed E-state index contributed by atoms with van der Waals surface area (Å²) in [5.74, 6) is 0.859. The van der Waals surface area contributed by atoms with Gasteiger partial charge in [0.25, 0.3) is 0 Å². The summed E-state index contributed by atoms with van der Waals surface area (Å²) in [5.41, 5.74) is 1.09. The molecule has 1 heterocycles. The number of halogens is 1. The summed E-state index contributed by atoms with van der Waals surface area (Å²) >= 11 is 0. The van der Waals surface area contributed by atoms with E-state index in [4.69, 9.17) is 4.74 Å². The van der Waals surface area contributed by atoms with Crippen LogP contribution in [0.5, 0.6) is 0 Å². The molecule has 0 bridgehead atoms. The van der Waals surface area contributed by atoms with E-state index in [1.807, 2.05) is 38.2 Å². The van der Waals surface area contributed by atoms with Gasteiger partial charge in [0.2, 0.25) is 0 Å². The second-order valence-corrected chi connectivity index (χ2v) is 5.03. The fraction of sp³-hybridized carbons (Fsp3) is 0.625. The van der Waals surface area contributed by atoms with E-state index in [-0.39, 0.29) is 24.0 Å². The van der Waals surface area contributed by atoms with Crippen molar-refractivity contribution in [2.75, 3.05) is 26.2 Å². The van der Waals surface area contributed by atoms with Crippen LogP contribution in [-0.2, 0) is 11.2 Å². The van der Waals surface area contributed by atoms with E-state index in [2.05, 4.69) is 27.5 Å². The number of guanidine groups is 1. The van der Waals surface area contributed by atoms with Gasteiger partial charge in [0.15, 0.2) is 5.96 Å². The molecule has 0 fully saturated rings. The van der Waals surface area contributed by atoms with Crippen molar-refractivity contribution >= 4 is 29.9 Å². The summed E-state index contributed by atoms with van der Waals surface area (Å²) in [6, 6.07) is 5.98. The molecular formula is C16H29IN4O. The van der Waals surface area contributed by atoms with Crippen LogP contribution in [0.4, 0.5) is 0 Å². The summed E-state index contributed by atoms with van der Waals surface area (Å²) in [6.45, 7) is 9.38. The van der Waals surface area contributed by atoms with Gasteiger partial charge in [-0.15, -0.1) is 24.0 Å². The van der Waals surface area contributed by atoms with Crippen molar-refractivity contribution in [1.29, 1.82) is 0 Å². The maximum atomic E-state index is 5.50. The molecule has 22 heavy (non-hydrogen) atoms. The Kier molecular flexibility index (Phi) is 13.2. The third-order valence-corrected chi connectivity index (χ3v) is 2.77. The molecule has 0 radical (unpaired) electrons. The predicted molar refractivity (Wildman–Crippen MR) is 103 cm³/mol. The number of aliphatic imine (C=N–C) groups is 1. The Morgan fingerprint density at radius 1 is 1.32 bits per heavy atom. The molecule has 0 amide bonds. The van der Waals surface area contributed by atoms with E-state index in [1.165, 1.54) is 0 Å². The normalized spacial score (nSPS) is 11.2. The molecule has 0 atom stereocenters. The van der Waals surface area contributed by atoms with E-state index in [1.54, 1.807) is 0 Å². The lowest BCUT2D eigenvalue weighted by molar-refractivity contribution is 0.0782. The van der Waals surface area contributed by atoms with Crippen molar-refractivity contribution in [1.82, 2.24) is 15.6 Å². The van der Waals surface area contributed by atoms with E-state index in [9.17, 15) is 0 Å². The largest absolute Gasteiger partial charge is 0.379 e. The molecule has 0 unspecified atom stereocenters. The summed E-state index contributed by atoms with van der Waals surface area (Å²) < 4.78 is 5.50. The minimum absolute atomic E-state index is 0. The monoisotopic (exact) mass is 420 g/mol. The molecule has 0 aliphatic heterocycles. The average Bonchev–Trinajstić information content (AvgIpc) is 2.47. The molecule has 0 spiro atoms. The minimum atomic E-state index is 0. The maximum absolute atomic E-state index is 5.50. The molecule has 0 aromatic carbocycles. The number of ether oxygens (including phenoxy) is 1. The Labute approximate surface area is 151 Å². The molecule has 6 heteroatoms. The molecule has 1 aromatic heterocycles. The van der Waals surface area contributed by atoms with E-state index in [0.717, 1.165) is 50.7 Å². The number of hydrogen-bond acceptors (Lipinski definition) is 3. The van der Waals surface area contributed by atoms with E-state index in [0.29, 0.717) is 6.10 Å². The Balaban J connectivity index is 0.00000441. The Morgan fingerprint density at radius 2 is 2.14 bits per heavy atom. The van der Waals surface area contributed by atoms with Gasteiger partial charge in [0.1, 0.15) is 0 Å². The van der Waals surface area contributed by atoms with Crippen LogP contribution < -0.4 is 10.6 Å². The van der Waals surface area contributed by atoms with Crippen molar-refractivity contribution in [2.45, 2.75) is 39.7 Å². The fourth-order valence-electron chi connectivity index (χ4n) is 1.77. The first-order valence-corrected chi connectivity index (χ1v) is 7.76. The molecule has 1 aromatic rings. The Hall–Kier alpha value is -0.890. The first-order chi connectivity index (χ1) is 10.2. The van der Waals surface area contributed by atoms with Crippen LogP contribution in [0.1, 0.15) is 32.9 Å². The van der Waals surface area contributed by atoms with Gasteiger partial charge in [-0.1, -0.05) is 6.07 Å². The van der Waals surface area contributed by atoms with Gasteiger partial charge in [-0.05, 0) is 39.3 Å². The fourth-order valence-corrected chi connectivity index (χ4v) is 1.77. The molecule has 1 rings (SSSR count). The van der Waals surface area contributed by atoms with Gasteiger partial charge in [0.05, 0.1) is 6.10 Å². The second kappa shape index (κ2) is 13.8. The lowest BCUT2D eigenvalue weighted by Crippen LogP contribution is -2.38. The lowest BCUT2D eigenvalue weighted by Gasteiger charge is -2.11. The summed E-state index contributed by atoms with van der Waals surface area (Å²) in [7, 11) is 0. The molecule has 126 valence electrons. The lowest BCUT2D eigenvalue weighted by atomic mass is 10.3. The number of rotatable bonds is 9. The van der Waals surface area contributed by atoms with Gasteiger partial charge >= 0.3 is 0 Å². The number of pyridine rings is 1. The van der Waals surface area contributed by atoms with Crippen LogP contribution in [0.25, 0.3) is 0 Å². The number of nitrogens with one attached hydrogen (secondary N) is 2. The first kappa shape index (κ1) is 21.1. The van der Waals surface area contributed by atoms with Gasteiger partial charge in [0, 0.05) is 44.6 Å². The van der Waals surface area contributed by atoms with Crippen molar-refractivity contribution in [2.24, 2.45) is 4.99 Å². The van der Waals surface area contributed by atoms with Gasteiger partial charge in [-0.2, -0.15) is 0 Å². The highest BCUT2D eigenvalue weighted by molar-refractivity contribution is 14.0. The third kappa shape index (κ3) is 10.8. The minimum Gasteiger partial charge on any atom is -0.379 e. The highest BCUT2D eigenvalue weighted by Gasteiger charge is 1.98. The molecular weight excluding hydrogens is 391 g/mol. The Morgan fingerprint density at radius 3 is 2.77 bits per heavy atom. The zero-order valence-corrected chi connectivity index (χ0v) is 16.2. The smallest absolute Gasteiger partial charge is 0.191 e. The third-order valence-electron chi connectivity index (χ3n) is 2.77. The SMILES string of the molecule is CCNC(=NCCCOC(C)C)NCCc1ccccn1.I. The number of nitrogens with zero attached hydrogens (tertiary/aromatic N) is 2. The zero-order valence-electron chi connectivity index (χ0n) is 13.8. The predicted octanol–water partition coefficient (Wildman–Crippen LogP) is 2.61. The highest BCUT2D eigenvalue weighted by Crippen LogP contribution is 1.93. The van der Waals surface area contributed by atoms with Crippen molar-refractivity contribution in [3.05, 3.63) is 30.1 Å². The Bertz CT molecular complexity index is 398. The van der Waals surface area contributed by atoms with Crippen LogP contribution in [0.3, 0.4) is 0 Å². The summed E-state index contributed by atoms with van der Waals surface area (Å²) in [5, 5.41) is 6.57. The standard InChI is InChI=1S/C16H28N4O.HI/c1-4-17-16(19-11-7-13-21-14(2)3)20-12-9-15-8-5-6-10-18-15;/h5-6,8,10,14H,4,7,9,11-13H2,1-3H3,(H2,17,19,20);1H. The molecule has 2 N–H and O–H groups in total. The van der Waals surface area contributed by atoms with Gasteiger partial charge in [-0.25, -0.2) is 0 Å². The van der Waals surface area contributed by atoms with Gasteiger partial charge < -0.3 is 15.4 Å². The zero-order chi connectivity index (χ0) is 15.3. The van der Waals surface area contributed by atoms with E-state index >= 15 is 0 Å². The topological polar surface area (TPSA) is 58.5 Å². The van der Waals surface area contributed by atoms with Crippen LogP contribution in [0, 0.1) is 0 Å². The highest BCUT2D eigenvalue weighted by atomic mass is 127. The number of hydrogen-bond donors (Lipinski definition) is 2. The van der Waals surface area contributed by atoms with Crippen LogP contribution in [0.15, 0.2) is 29.4 Å². The van der Waals surface area contributed by atoms with Crippen molar-refractivity contribution in [3.63, 3.8) is 0 Å². The summed E-state index contributed by atoms with van der Waals surface area (Å²) in [6.07, 6.45) is 3.94. The van der Waals surface area contributed by atoms with E-state index < -0.39 is 0 Å². The summed E-state index contributed by atoms with van der Waals surface area (Å²) in [4.78, 5) is 8.84. The van der Waals surface area contributed by atoms with Crippen molar-refractivity contribution < 1.29 is 4.74 Å². The number of aromatic nitrogens is 1. The second-order valence-electron chi connectivity index (χ2n) is 5.03. The molecule has 0 aliphatic rings. The maximum Gasteiger partial charge on any atom is 0.191 e. The van der Waals surface area contributed by atoms with Gasteiger partial charge in [-0.3, -0.25) is 9.98 Å². The molecule has 0 saturated heterocycles. The molecule has 0 saturated carbocycles. The van der Waals surface area contributed by atoms with Crippen molar-refractivity contribution in [3.8, 4) is 0 Å². The van der Waals surface area contributed by atoms with Crippen LogP contribution in [0.2, 0.25) is 0 Å². The quantitative estimate of drug-likeness (QED) is 0.279. The molecule has 0 aliphatic carbocycles. The molecule has 5 nitrogen and oxygen atoms in total. The van der Waals surface area contributed by atoms with Crippen LogP contribution in [-0.4, -0.2) is 43.3 Å². The first-order valence-electron chi connectivity index (χ1n) is 7.76.